The van der Waals surface area contributed by atoms with Crippen molar-refractivity contribution in [3.05, 3.63) is 65.7 Å². The number of carbonyl (C=O) groups is 1. The van der Waals surface area contributed by atoms with Gasteiger partial charge in [0.1, 0.15) is 12.4 Å². The van der Waals surface area contributed by atoms with Gasteiger partial charge in [-0.2, -0.15) is 0 Å². The molecule has 3 rings (SSSR count). The third-order valence-corrected chi connectivity index (χ3v) is 4.44. The Morgan fingerprint density at radius 1 is 1.17 bits per heavy atom. The number of amides is 1. The summed E-state index contributed by atoms with van der Waals surface area (Å²) in [4.78, 5) is 12.4. The van der Waals surface area contributed by atoms with E-state index in [1.807, 2.05) is 54.6 Å². The summed E-state index contributed by atoms with van der Waals surface area (Å²) in [6.45, 7) is 3.65. The van der Waals surface area contributed by atoms with Gasteiger partial charge in [0, 0.05) is 17.6 Å². The highest BCUT2D eigenvalue weighted by Crippen LogP contribution is 2.13. The minimum Gasteiger partial charge on any atom is -0.489 e. The van der Waals surface area contributed by atoms with Gasteiger partial charge in [-0.25, -0.2) is 0 Å². The number of ether oxygens (including phenoxy) is 1. The maximum atomic E-state index is 12.4. The van der Waals surface area contributed by atoms with Crippen molar-refractivity contribution in [3.8, 4) is 5.75 Å². The zero-order valence-electron chi connectivity index (χ0n) is 14.0. The molecule has 2 aromatic carbocycles. The fourth-order valence-corrected chi connectivity index (χ4v) is 2.93. The molecule has 0 aliphatic carbocycles. The van der Waals surface area contributed by atoms with Gasteiger partial charge in [-0.05, 0) is 56.1 Å². The molecule has 0 saturated carbocycles. The van der Waals surface area contributed by atoms with Crippen LogP contribution in [0.5, 0.6) is 5.75 Å². The van der Waals surface area contributed by atoms with Crippen LogP contribution < -0.4 is 15.4 Å². The van der Waals surface area contributed by atoms with Crippen molar-refractivity contribution in [2.45, 2.75) is 38.5 Å². The highest BCUT2D eigenvalue weighted by molar-refractivity contribution is 5.94. The molecule has 1 amide bonds. The number of hydrogen-bond acceptors (Lipinski definition) is 3. The molecule has 2 N–H and O–H groups in total. The summed E-state index contributed by atoms with van der Waals surface area (Å²) >= 11 is 0. The van der Waals surface area contributed by atoms with Gasteiger partial charge in [0.15, 0.2) is 0 Å². The first-order valence-corrected chi connectivity index (χ1v) is 8.53. The predicted octanol–water partition coefficient (Wildman–Crippen LogP) is 3.14. The Morgan fingerprint density at radius 2 is 1.92 bits per heavy atom. The summed E-state index contributed by atoms with van der Waals surface area (Å²) in [6.07, 6.45) is 2.13. The Morgan fingerprint density at radius 3 is 2.62 bits per heavy atom. The molecule has 24 heavy (non-hydrogen) atoms. The SMILES string of the molecule is CC1NCCCC1NC(=O)c1ccc(COc2ccccc2)cc1. The Bertz CT molecular complexity index is 655. The normalized spacial score (nSPS) is 20.4. The maximum Gasteiger partial charge on any atom is 0.251 e. The third-order valence-electron chi connectivity index (χ3n) is 4.44. The molecule has 0 radical (unpaired) electrons. The zero-order valence-corrected chi connectivity index (χ0v) is 14.0. The fraction of sp³-hybridized carbons (Fsp3) is 0.350. The van der Waals surface area contributed by atoms with E-state index in [0.717, 1.165) is 30.7 Å². The van der Waals surface area contributed by atoms with Crippen LogP contribution in [-0.4, -0.2) is 24.5 Å². The van der Waals surface area contributed by atoms with Crippen LogP contribution in [0.4, 0.5) is 0 Å². The molecule has 126 valence electrons. The standard InChI is InChI=1S/C20H24N2O2/c1-15-19(8-5-13-21-15)22-20(23)17-11-9-16(10-12-17)14-24-18-6-3-2-4-7-18/h2-4,6-7,9-12,15,19,21H,5,8,13-14H2,1H3,(H,22,23). The minimum absolute atomic E-state index is 0.00826. The van der Waals surface area contributed by atoms with Crippen LogP contribution in [-0.2, 0) is 6.61 Å². The number of para-hydroxylation sites is 1. The van der Waals surface area contributed by atoms with Gasteiger partial charge < -0.3 is 15.4 Å². The predicted molar refractivity (Wildman–Crippen MR) is 95.2 cm³/mol. The lowest BCUT2D eigenvalue weighted by Crippen LogP contribution is -2.51. The fourth-order valence-electron chi connectivity index (χ4n) is 2.93. The first-order valence-electron chi connectivity index (χ1n) is 8.53. The second kappa shape index (κ2) is 7.97. The van der Waals surface area contributed by atoms with Gasteiger partial charge in [-0.1, -0.05) is 30.3 Å². The summed E-state index contributed by atoms with van der Waals surface area (Å²) < 4.78 is 5.72. The van der Waals surface area contributed by atoms with Gasteiger partial charge in [0.25, 0.3) is 5.91 Å². The lowest BCUT2D eigenvalue weighted by molar-refractivity contribution is 0.0920. The highest BCUT2D eigenvalue weighted by Gasteiger charge is 2.22. The van der Waals surface area contributed by atoms with Crippen LogP contribution in [0.3, 0.4) is 0 Å². The lowest BCUT2D eigenvalue weighted by atomic mass is 9.99. The van der Waals surface area contributed by atoms with E-state index in [1.54, 1.807) is 0 Å². The molecule has 0 spiro atoms. The minimum atomic E-state index is -0.00826. The molecule has 1 heterocycles. The number of hydrogen-bond donors (Lipinski definition) is 2. The smallest absolute Gasteiger partial charge is 0.251 e. The lowest BCUT2D eigenvalue weighted by Gasteiger charge is -2.30. The summed E-state index contributed by atoms with van der Waals surface area (Å²) in [5.41, 5.74) is 1.74. The quantitative estimate of drug-likeness (QED) is 0.888. The average molecular weight is 324 g/mol. The van der Waals surface area contributed by atoms with Crippen LogP contribution in [0.2, 0.25) is 0 Å². The van der Waals surface area contributed by atoms with Crippen molar-refractivity contribution in [2.24, 2.45) is 0 Å². The molecule has 1 fully saturated rings. The van der Waals surface area contributed by atoms with Gasteiger partial charge >= 0.3 is 0 Å². The number of carbonyl (C=O) groups excluding carboxylic acids is 1. The topological polar surface area (TPSA) is 50.4 Å². The Labute approximate surface area is 143 Å². The van der Waals surface area contributed by atoms with Crippen molar-refractivity contribution in [1.29, 1.82) is 0 Å². The van der Waals surface area contributed by atoms with Crippen molar-refractivity contribution in [3.63, 3.8) is 0 Å². The van der Waals surface area contributed by atoms with Crippen molar-refractivity contribution < 1.29 is 9.53 Å². The van der Waals surface area contributed by atoms with E-state index in [4.69, 9.17) is 4.74 Å². The number of benzene rings is 2. The molecular weight excluding hydrogens is 300 g/mol. The van der Waals surface area contributed by atoms with Crippen molar-refractivity contribution >= 4 is 5.91 Å². The Hall–Kier alpha value is -2.33. The van der Waals surface area contributed by atoms with Crippen molar-refractivity contribution in [1.82, 2.24) is 10.6 Å². The van der Waals surface area contributed by atoms with E-state index in [1.165, 1.54) is 0 Å². The van der Waals surface area contributed by atoms with E-state index in [2.05, 4.69) is 17.6 Å². The van der Waals surface area contributed by atoms with Crippen LogP contribution in [0, 0.1) is 0 Å². The van der Waals surface area contributed by atoms with Gasteiger partial charge in [0.05, 0.1) is 0 Å². The van der Waals surface area contributed by atoms with Gasteiger partial charge in [-0.3, -0.25) is 4.79 Å². The Balaban J connectivity index is 1.54. The monoisotopic (exact) mass is 324 g/mol. The van der Waals surface area contributed by atoms with Crippen LogP contribution in [0.1, 0.15) is 35.7 Å². The van der Waals surface area contributed by atoms with Gasteiger partial charge in [-0.15, -0.1) is 0 Å². The van der Waals surface area contributed by atoms with Crippen LogP contribution in [0.25, 0.3) is 0 Å². The Kier molecular flexibility index (Phi) is 5.49. The van der Waals surface area contributed by atoms with E-state index >= 15 is 0 Å². The molecule has 2 unspecified atom stereocenters. The molecule has 0 aromatic heterocycles. The van der Waals surface area contributed by atoms with E-state index in [0.29, 0.717) is 18.2 Å². The first kappa shape index (κ1) is 16.5. The van der Waals surface area contributed by atoms with E-state index in [9.17, 15) is 4.79 Å². The highest BCUT2D eigenvalue weighted by atomic mass is 16.5. The number of nitrogens with one attached hydrogen (secondary N) is 2. The molecule has 2 aromatic rings. The third kappa shape index (κ3) is 4.36. The zero-order chi connectivity index (χ0) is 16.8. The number of piperidine rings is 1. The maximum absolute atomic E-state index is 12.4. The van der Waals surface area contributed by atoms with Gasteiger partial charge in [0.2, 0.25) is 0 Å². The molecule has 1 saturated heterocycles. The second-order valence-electron chi connectivity index (χ2n) is 6.26. The molecule has 2 atom stereocenters. The summed E-state index contributed by atoms with van der Waals surface area (Å²) in [6, 6.07) is 17.9. The summed E-state index contributed by atoms with van der Waals surface area (Å²) in [7, 11) is 0. The summed E-state index contributed by atoms with van der Waals surface area (Å²) in [5.74, 6) is 0.837. The van der Waals surface area contributed by atoms with E-state index in [-0.39, 0.29) is 11.9 Å². The molecule has 1 aliphatic heterocycles. The number of rotatable bonds is 5. The van der Waals surface area contributed by atoms with Crippen LogP contribution >= 0.6 is 0 Å². The molecule has 4 nitrogen and oxygen atoms in total. The second-order valence-corrected chi connectivity index (χ2v) is 6.26. The molecule has 1 aliphatic rings. The molecule has 4 heteroatoms. The molecular formula is C20H24N2O2. The first-order chi connectivity index (χ1) is 11.7. The summed E-state index contributed by atoms with van der Waals surface area (Å²) in [5, 5.41) is 6.53. The van der Waals surface area contributed by atoms with Crippen molar-refractivity contribution in [2.75, 3.05) is 6.54 Å². The average Bonchev–Trinajstić information content (AvgIpc) is 2.63. The largest absolute Gasteiger partial charge is 0.489 e. The van der Waals surface area contributed by atoms with E-state index < -0.39 is 0 Å². The molecule has 0 bridgehead atoms. The van der Waals surface area contributed by atoms with Crippen LogP contribution in [0.15, 0.2) is 54.6 Å².